The second kappa shape index (κ2) is 5.81. The molecule has 0 aliphatic heterocycles. The number of rotatable bonds is 4. The normalized spacial score (nSPS) is 11.8. The first-order valence-electron chi connectivity index (χ1n) is 4.73. The van der Waals surface area contributed by atoms with Gasteiger partial charge in [0.25, 0.3) is 0 Å². The summed E-state index contributed by atoms with van der Waals surface area (Å²) in [6.07, 6.45) is -1.83. The smallest absolute Gasteiger partial charge is 0.478 e. The number of thiol groups is 1. The van der Waals surface area contributed by atoms with Gasteiger partial charge in [-0.15, -0.1) is 13.2 Å². The van der Waals surface area contributed by atoms with E-state index in [1.54, 1.807) is 6.08 Å². The maximum absolute atomic E-state index is 12.1. The van der Waals surface area contributed by atoms with Gasteiger partial charge in [-0.1, -0.05) is 12.2 Å². The fraction of sp³-hybridized carbons (Fsp3) is 0.182. The van der Waals surface area contributed by atoms with Crippen LogP contribution in [0.5, 0.6) is 5.75 Å². The van der Waals surface area contributed by atoms with Gasteiger partial charge in [0.15, 0.2) is 0 Å². The second-order valence-corrected chi connectivity index (χ2v) is 3.59. The second-order valence-electron chi connectivity index (χ2n) is 3.23. The van der Waals surface area contributed by atoms with Crippen LogP contribution in [-0.2, 0) is 0 Å². The third-order valence-corrected chi connectivity index (χ3v) is 2.04. The Morgan fingerprint density at radius 1 is 1.39 bits per heavy atom. The summed E-state index contributed by atoms with van der Waals surface area (Å²) < 4.78 is 39.9. The number of ether oxygens (including phenoxy) is 1. The molecule has 3 nitrogen and oxygen atoms in total. The van der Waals surface area contributed by atoms with Crippen LogP contribution in [0.1, 0.15) is 15.9 Å². The van der Waals surface area contributed by atoms with E-state index >= 15 is 0 Å². The van der Waals surface area contributed by atoms with Crippen LogP contribution in [-0.4, -0.2) is 23.2 Å². The summed E-state index contributed by atoms with van der Waals surface area (Å²) in [7, 11) is 0. The molecule has 0 heterocycles. The van der Waals surface area contributed by atoms with E-state index in [4.69, 9.17) is 5.11 Å². The van der Waals surface area contributed by atoms with Gasteiger partial charge in [0.1, 0.15) is 5.75 Å². The molecule has 0 radical (unpaired) electrons. The van der Waals surface area contributed by atoms with Crippen molar-refractivity contribution < 1.29 is 27.8 Å². The van der Waals surface area contributed by atoms with E-state index in [9.17, 15) is 18.0 Å². The van der Waals surface area contributed by atoms with Crippen LogP contribution in [0, 0.1) is 0 Å². The van der Waals surface area contributed by atoms with Crippen LogP contribution in [0.3, 0.4) is 0 Å². The van der Waals surface area contributed by atoms with E-state index in [-0.39, 0.29) is 5.56 Å². The highest BCUT2D eigenvalue weighted by Gasteiger charge is 2.31. The number of carboxylic acid groups (broad SMARTS) is 1. The summed E-state index contributed by atoms with van der Waals surface area (Å²) in [6.45, 7) is 0. The fourth-order valence-corrected chi connectivity index (χ4v) is 1.33. The van der Waals surface area contributed by atoms with E-state index in [1.807, 2.05) is 0 Å². The van der Waals surface area contributed by atoms with Crippen molar-refractivity contribution in [3.8, 4) is 5.75 Å². The summed E-state index contributed by atoms with van der Waals surface area (Å²) in [4.78, 5) is 10.8. The molecule has 0 aliphatic rings. The highest BCUT2D eigenvalue weighted by Crippen LogP contribution is 2.25. The Morgan fingerprint density at radius 3 is 2.56 bits per heavy atom. The standard InChI is InChI=1S/C11H9F3O3S/c12-11(13,14)17-9-5-7(2-1-3-18)4-8(6-9)10(15)16/h1-2,4-6,18H,3H2,(H,15,16). The van der Waals surface area contributed by atoms with Gasteiger partial charge in [0, 0.05) is 5.75 Å². The van der Waals surface area contributed by atoms with Crippen molar-refractivity contribution in [3.05, 3.63) is 35.4 Å². The zero-order valence-electron chi connectivity index (χ0n) is 8.94. The zero-order chi connectivity index (χ0) is 13.8. The van der Waals surface area contributed by atoms with E-state index in [0.29, 0.717) is 11.3 Å². The molecule has 98 valence electrons. The average Bonchev–Trinajstić information content (AvgIpc) is 2.23. The maximum atomic E-state index is 12.1. The predicted molar refractivity (Wildman–Crippen MR) is 63.0 cm³/mol. The van der Waals surface area contributed by atoms with Gasteiger partial charge in [0.2, 0.25) is 0 Å². The molecule has 0 saturated heterocycles. The highest BCUT2D eigenvalue weighted by atomic mass is 32.1. The first kappa shape index (κ1) is 14.4. The SMILES string of the molecule is O=C(O)c1cc(C=CCS)cc(OC(F)(F)F)c1. The Kier molecular flexibility index (Phi) is 4.66. The van der Waals surface area contributed by atoms with E-state index in [2.05, 4.69) is 17.4 Å². The van der Waals surface area contributed by atoms with Crippen molar-refractivity contribution in [1.29, 1.82) is 0 Å². The predicted octanol–water partition coefficient (Wildman–Crippen LogP) is 3.23. The van der Waals surface area contributed by atoms with Crippen molar-refractivity contribution in [3.63, 3.8) is 0 Å². The van der Waals surface area contributed by atoms with E-state index < -0.39 is 18.1 Å². The summed E-state index contributed by atoms with van der Waals surface area (Å²) in [6, 6.07) is 3.15. The topological polar surface area (TPSA) is 46.5 Å². The Morgan fingerprint density at radius 2 is 2.06 bits per heavy atom. The van der Waals surface area contributed by atoms with Gasteiger partial charge in [-0.05, 0) is 23.8 Å². The molecule has 0 bridgehead atoms. The number of carboxylic acids is 1. The highest BCUT2D eigenvalue weighted by molar-refractivity contribution is 7.80. The average molecular weight is 278 g/mol. The first-order valence-corrected chi connectivity index (χ1v) is 5.36. The molecule has 1 rings (SSSR count). The third-order valence-electron chi connectivity index (χ3n) is 1.83. The first-order chi connectivity index (χ1) is 8.31. The summed E-state index contributed by atoms with van der Waals surface area (Å²) in [5, 5.41) is 8.78. The minimum absolute atomic E-state index is 0.282. The van der Waals surface area contributed by atoms with Gasteiger partial charge in [-0.3, -0.25) is 0 Å². The molecule has 0 aromatic heterocycles. The lowest BCUT2D eigenvalue weighted by atomic mass is 10.1. The van der Waals surface area contributed by atoms with Crippen molar-refractivity contribution in [2.75, 3.05) is 5.75 Å². The van der Waals surface area contributed by atoms with Gasteiger partial charge in [0.05, 0.1) is 5.56 Å². The van der Waals surface area contributed by atoms with Crippen LogP contribution in [0.25, 0.3) is 6.08 Å². The summed E-state index contributed by atoms with van der Waals surface area (Å²) >= 11 is 3.90. The Bertz CT molecular complexity index is 469. The Balaban J connectivity index is 3.13. The molecule has 1 aromatic carbocycles. The molecule has 1 aromatic rings. The zero-order valence-corrected chi connectivity index (χ0v) is 9.83. The third kappa shape index (κ3) is 4.70. The number of aromatic carboxylic acids is 1. The molecule has 18 heavy (non-hydrogen) atoms. The van der Waals surface area contributed by atoms with Gasteiger partial charge >= 0.3 is 12.3 Å². The lowest BCUT2D eigenvalue weighted by Gasteiger charge is -2.10. The quantitative estimate of drug-likeness (QED) is 0.831. The monoisotopic (exact) mass is 278 g/mol. The van der Waals surface area contributed by atoms with Crippen LogP contribution in [0.4, 0.5) is 13.2 Å². The van der Waals surface area contributed by atoms with Crippen molar-refractivity contribution >= 4 is 24.7 Å². The minimum atomic E-state index is -4.86. The van der Waals surface area contributed by atoms with Crippen LogP contribution in [0.2, 0.25) is 0 Å². The molecule has 0 spiro atoms. The Hall–Kier alpha value is -1.63. The summed E-state index contributed by atoms with van der Waals surface area (Å²) in [5.74, 6) is -1.52. The number of hydrogen-bond donors (Lipinski definition) is 2. The van der Waals surface area contributed by atoms with Crippen LogP contribution >= 0.6 is 12.6 Å². The van der Waals surface area contributed by atoms with Gasteiger partial charge in [-0.2, -0.15) is 12.6 Å². The molecule has 1 N–H and O–H groups in total. The molecule has 0 atom stereocenters. The molecule has 0 amide bonds. The molecule has 0 fully saturated rings. The summed E-state index contributed by atoms with van der Waals surface area (Å²) in [5.41, 5.74) is 0.0127. The maximum Gasteiger partial charge on any atom is 0.573 e. The van der Waals surface area contributed by atoms with Crippen molar-refractivity contribution in [2.45, 2.75) is 6.36 Å². The molecule has 7 heteroatoms. The number of halogens is 3. The molecule has 0 unspecified atom stereocenters. The lowest BCUT2D eigenvalue weighted by Crippen LogP contribution is -2.17. The van der Waals surface area contributed by atoms with Crippen LogP contribution < -0.4 is 4.74 Å². The number of benzene rings is 1. The fourth-order valence-electron chi connectivity index (χ4n) is 1.22. The minimum Gasteiger partial charge on any atom is -0.478 e. The Labute approximate surface area is 106 Å². The molecular weight excluding hydrogens is 269 g/mol. The number of carbonyl (C=O) groups is 1. The van der Waals surface area contributed by atoms with Crippen LogP contribution in [0.15, 0.2) is 24.3 Å². The number of alkyl halides is 3. The molecular formula is C11H9F3O3S. The van der Waals surface area contributed by atoms with Crippen molar-refractivity contribution in [1.82, 2.24) is 0 Å². The largest absolute Gasteiger partial charge is 0.573 e. The lowest BCUT2D eigenvalue weighted by molar-refractivity contribution is -0.274. The van der Waals surface area contributed by atoms with Gasteiger partial charge < -0.3 is 9.84 Å². The van der Waals surface area contributed by atoms with Gasteiger partial charge in [-0.25, -0.2) is 4.79 Å². The van der Waals surface area contributed by atoms with Crippen molar-refractivity contribution in [2.24, 2.45) is 0 Å². The number of hydrogen-bond acceptors (Lipinski definition) is 3. The van der Waals surface area contributed by atoms with E-state index in [0.717, 1.165) is 12.1 Å². The molecule has 0 saturated carbocycles. The van der Waals surface area contributed by atoms with E-state index in [1.165, 1.54) is 12.1 Å². The molecule has 0 aliphatic carbocycles.